The Morgan fingerprint density at radius 2 is 2.00 bits per heavy atom. The second-order valence-corrected chi connectivity index (χ2v) is 8.59. The monoisotopic (exact) mass is 275 g/mol. The Kier molecular flexibility index (Phi) is 3.54. The van der Waals surface area contributed by atoms with Crippen molar-refractivity contribution in [3.05, 3.63) is 0 Å². The molecule has 0 aromatic rings. The zero-order chi connectivity index (χ0) is 13.6. The van der Waals surface area contributed by atoms with Crippen LogP contribution in [0.1, 0.15) is 39.5 Å². The quantitative estimate of drug-likeness (QED) is 0.786. The first kappa shape index (κ1) is 14.3. The van der Waals surface area contributed by atoms with Gasteiger partial charge in [-0.3, -0.25) is 0 Å². The van der Waals surface area contributed by atoms with Gasteiger partial charge in [0.25, 0.3) is 0 Å². The van der Waals surface area contributed by atoms with Gasteiger partial charge in [0.15, 0.2) is 9.84 Å². The van der Waals surface area contributed by atoms with Crippen LogP contribution in [0.3, 0.4) is 0 Å². The molecular weight excluding hydrogens is 250 g/mol. The van der Waals surface area contributed by atoms with Gasteiger partial charge in [0.1, 0.15) is 0 Å². The summed E-state index contributed by atoms with van der Waals surface area (Å²) in [5, 5.41) is 11.1. The van der Waals surface area contributed by atoms with E-state index in [9.17, 15) is 13.5 Å². The van der Waals surface area contributed by atoms with E-state index in [0.717, 1.165) is 12.8 Å². The molecule has 2 aliphatic rings. The number of hydrogen-bond donors (Lipinski definition) is 2. The van der Waals surface area contributed by atoms with E-state index in [1.807, 2.05) is 6.92 Å². The number of nitrogens with two attached hydrogens (primary N) is 1. The van der Waals surface area contributed by atoms with Gasteiger partial charge >= 0.3 is 0 Å². The van der Waals surface area contributed by atoms with Crippen molar-refractivity contribution in [1.82, 2.24) is 0 Å². The molecule has 5 heteroatoms. The maximum Gasteiger partial charge on any atom is 0.151 e. The molecule has 4 nitrogen and oxygen atoms in total. The molecule has 0 aromatic heterocycles. The van der Waals surface area contributed by atoms with Crippen LogP contribution < -0.4 is 5.73 Å². The molecule has 2 rings (SSSR count). The van der Waals surface area contributed by atoms with E-state index in [1.165, 1.54) is 0 Å². The van der Waals surface area contributed by atoms with E-state index < -0.39 is 20.9 Å². The van der Waals surface area contributed by atoms with Gasteiger partial charge < -0.3 is 10.8 Å². The zero-order valence-corrected chi connectivity index (χ0v) is 12.2. The molecule has 2 fully saturated rings. The Morgan fingerprint density at radius 3 is 2.50 bits per heavy atom. The molecule has 0 radical (unpaired) electrons. The van der Waals surface area contributed by atoms with Crippen molar-refractivity contribution in [2.45, 2.75) is 45.1 Å². The Balaban J connectivity index is 2.37. The fourth-order valence-corrected chi connectivity index (χ4v) is 6.19. The average Bonchev–Trinajstić information content (AvgIpc) is 2.63. The van der Waals surface area contributed by atoms with Crippen LogP contribution in [0.25, 0.3) is 0 Å². The molecule has 4 unspecified atom stereocenters. The van der Waals surface area contributed by atoms with Crippen LogP contribution in [-0.4, -0.2) is 37.2 Å². The molecule has 1 aliphatic carbocycles. The van der Waals surface area contributed by atoms with Gasteiger partial charge in [0, 0.05) is 12.0 Å². The topological polar surface area (TPSA) is 80.4 Å². The van der Waals surface area contributed by atoms with Crippen LogP contribution in [0.15, 0.2) is 0 Å². The van der Waals surface area contributed by atoms with E-state index in [-0.39, 0.29) is 24.0 Å². The fourth-order valence-electron chi connectivity index (χ4n) is 3.99. The molecule has 0 bridgehead atoms. The number of rotatable bonds is 2. The van der Waals surface area contributed by atoms with Crippen molar-refractivity contribution < 1.29 is 13.5 Å². The summed E-state index contributed by atoms with van der Waals surface area (Å²) >= 11 is 0. The van der Waals surface area contributed by atoms with Gasteiger partial charge in [-0.05, 0) is 24.7 Å². The first-order chi connectivity index (χ1) is 8.26. The highest BCUT2D eigenvalue weighted by Crippen LogP contribution is 2.52. The highest BCUT2D eigenvalue weighted by Gasteiger charge is 2.58. The van der Waals surface area contributed by atoms with E-state index in [4.69, 9.17) is 5.73 Å². The molecule has 1 heterocycles. The third kappa shape index (κ3) is 2.00. The lowest BCUT2D eigenvalue weighted by atomic mass is 9.57. The molecule has 4 atom stereocenters. The Bertz CT molecular complexity index is 422. The van der Waals surface area contributed by atoms with E-state index >= 15 is 0 Å². The minimum Gasteiger partial charge on any atom is -0.389 e. The zero-order valence-electron chi connectivity index (χ0n) is 11.4. The van der Waals surface area contributed by atoms with Gasteiger partial charge in [0.2, 0.25) is 0 Å². The Labute approximate surface area is 110 Å². The van der Waals surface area contributed by atoms with Gasteiger partial charge in [-0.15, -0.1) is 0 Å². The average molecular weight is 275 g/mol. The standard InChI is InChI=1S/C13H25NO3S/c1-10-4-3-5-13(15,11(10)2)12(8-14)6-7-18(16,17)9-12/h10-11,15H,3-9,14H2,1-2H3. The lowest BCUT2D eigenvalue weighted by Gasteiger charge is -2.52. The molecule has 18 heavy (non-hydrogen) atoms. The molecule has 1 saturated carbocycles. The third-order valence-electron chi connectivity index (χ3n) is 5.52. The summed E-state index contributed by atoms with van der Waals surface area (Å²) in [5.74, 6) is 0.774. The molecule has 0 aromatic carbocycles. The highest BCUT2D eigenvalue weighted by molar-refractivity contribution is 7.91. The van der Waals surface area contributed by atoms with Gasteiger partial charge in [-0.25, -0.2) is 8.42 Å². The van der Waals surface area contributed by atoms with Crippen LogP contribution in [0, 0.1) is 17.3 Å². The minimum atomic E-state index is -3.03. The molecule has 3 N–H and O–H groups in total. The maximum atomic E-state index is 11.8. The third-order valence-corrected chi connectivity index (χ3v) is 7.34. The molecule has 0 amide bonds. The van der Waals surface area contributed by atoms with Crippen LogP contribution in [0.5, 0.6) is 0 Å². The van der Waals surface area contributed by atoms with Crippen molar-refractivity contribution in [3.63, 3.8) is 0 Å². The summed E-state index contributed by atoms with van der Waals surface area (Å²) in [6.45, 7) is 4.45. The van der Waals surface area contributed by atoms with Crippen LogP contribution in [0.2, 0.25) is 0 Å². The predicted octanol–water partition coefficient (Wildman–Crippen LogP) is 0.937. The Morgan fingerprint density at radius 1 is 1.33 bits per heavy atom. The first-order valence-corrected chi connectivity index (χ1v) is 8.71. The van der Waals surface area contributed by atoms with Gasteiger partial charge in [-0.2, -0.15) is 0 Å². The summed E-state index contributed by atoms with van der Waals surface area (Å²) in [5.41, 5.74) is 4.35. The lowest BCUT2D eigenvalue weighted by molar-refractivity contribution is -0.144. The summed E-state index contributed by atoms with van der Waals surface area (Å²) in [6, 6.07) is 0. The summed E-state index contributed by atoms with van der Waals surface area (Å²) in [7, 11) is -3.03. The van der Waals surface area contributed by atoms with Crippen LogP contribution in [-0.2, 0) is 9.84 Å². The first-order valence-electron chi connectivity index (χ1n) is 6.89. The summed E-state index contributed by atoms with van der Waals surface area (Å²) in [4.78, 5) is 0. The normalized spacial score (nSPS) is 48.2. The number of sulfone groups is 1. The maximum absolute atomic E-state index is 11.8. The molecule has 1 saturated heterocycles. The molecule has 1 aliphatic heterocycles. The second-order valence-electron chi connectivity index (χ2n) is 6.41. The van der Waals surface area contributed by atoms with E-state index in [2.05, 4.69) is 6.92 Å². The predicted molar refractivity (Wildman–Crippen MR) is 71.9 cm³/mol. The molecule has 0 spiro atoms. The lowest BCUT2D eigenvalue weighted by Crippen LogP contribution is -2.59. The van der Waals surface area contributed by atoms with E-state index in [1.54, 1.807) is 0 Å². The van der Waals surface area contributed by atoms with Crippen molar-refractivity contribution in [1.29, 1.82) is 0 Å². The van der Waals surface area contributed by atoms with Crippen LogP contribution >= 0.6 is 0 Å². The van der Waals surface area contributed by atoms with Gasteiger partial charge in [0.05, 0.1) is 17.1 Å². The van der Waals surface area contributed by atoms with Crippen molar-refractivity contribution in [2.24, 2.45) is 23.0 Å². The second kappa shape index (κ2) is 4.46. The van der Waals surface area contributed by atoms with E-state index in [0.29, 0.717) is 18.8 Å². The SMILES string of the molecule is CC1CCCC(O)(C2(CN)CCS(=O)(=O)C2)C1C. The fraction of sp³-hybridized carbons (Fsp3) is 1.00. The van der Waals surface area contributed by atoms with Crippen LogP contribution in [0.4, 0.5) is 0 Å². The van der Waals surface area contributed by atoms with Crippen molar-refractivity contribution in [3.8, 4) is 0 Å². The largest absolute Gasteiger partial charge is 0.389 e. The van der Waals surface area contributed by atoms with Crippen molar-refractivity contribution in [2.75, 3.05) is 18.1 Å². The molecule has 106 valence electrons. The highest BCUT2D eigenvalue weighted by atomic mass is 32.2. The number of aliphatic hydroxyl groups is 1. The van der Waals surface area contributed by atoms with Gasteiger partial charge in [-0.1, -0.05) is 26.7 Å². The molecular formula is C13H25NO3S. The Hall–Kier alpha value is -0.130. The smallest absolute Gasteiger partial charge is 0.151 e. The minimum absolute atomic E-state index is 0.0596. The summed E-state index contributed by atoms with van der Waals surface area (Å²) < 4.78 is 23.6. The number of hydrogen-bond acceptors (Lipinski definition) is 4. The van der Waals surface area contributed by atoms with Crippen molar-refractivity contribution >= 4 is 9.84 Å². The summed E-state index contributed by atoms with van der Waals surface area (Å²) in [6.07, 6.45) is 3.27.